The Hall–Kier alpha value is -2.47. The van der Waals surface area contributed by atoms with Gasteiger partial charge in [-0.3, -0.25) is 4.79 Å². The maximum atomic E-state index is 12.7. The van der Waals surface area contributed by atoms with Crippen LogP contribution in [0.3, 0.4) is 0 Å². The first kappa shape index (κ1) is 20.3. The number of aromatic nitrogens is 2. The van der Waals surface area contributed by atoms with Gasteiger partial charge in [0.15, 0.2) is 0 Å². The minimum absolute atomic E-state index is 0.0471. The molecule has 1 aromatic carbocycles. The summed E-state index contributed by atoms with van der Waals surface area (Å²) < 4.78 is 5.32. The molecule has 0 saturated carbocycles. The van der Waals surface area contributed by atoms with Crippen LogP contribution in [0.25, 0.3) is 0 Å². The molecule has 0 bridgehead atoms. The molecule has 6 heteroatoms. The highest BCUT2D eigenvalue weighted by molar-refractivity contribution is 5.93. The summed E-state index contributed by atoms with van der Waals surface area (Å²) in [6.45, 7) is 6.76. The Morgan fingerprint density at radius 3 is 2.96 bits per heavy atom. The zero-order chi connectivity index (χ0) is 19.8. The highest BCUT2D eigenvalue weighted by Crippen LogP contribution is 2.20. The average Bonchev–Trinajstić information content (AvgIpc) is 2.76. The van der Waals surface area contributed by atoms with Gasteiger partial charge in [-0.25, -0.2) is 0 Å². The van der Waals surface area contributed by atoms with Crippen molar-refractivity contribution in [2.45, 2.75) is 26.2 Å². The summed E-state index contributed by atoms with van der Waals surface area (Å²) in [6.07, 6.45) is 6.50. The summed E-state index contributed by atoms with van der Waals surface area (Å²) in [5.74, 6) is 1.47. The third-order valence-electron chi connectivity index (χ3n) is 5.43. The first-order valence-corrected chi connectivity index (χ1v) is 10.1. The number of piperidine rings is 1. The number of benzene rings is 1. The molecular formula is C22H30N4O2. The van der Waals surface area contributed by atoms with E-state index >= 15 is 0 Å². The lowest BCUT2D eigenvalue weighted by atomic mass is 9.96. The Labute approximate surface area is 167 Å². The summed E-state index contributed by atoms with van der Waals surface area (Å²) in [5, 5.41) is 7.59. The van der Waals surface area contributed by atoms with E-state index in [9.17, 15) is 4.79 Å². The summed E-state index contributed by atoms with van der Waals surface area (Å²) in [7, 11) is 1.71. The van der Waals surface area contributed by atoms with Gasteiger partial charge in [-0.2, -0.15) is 10.2 Å². The zero-order valence-electron chi connectivity index (χ0n) is 16.9. The monoisotopic (exact) mass is 382 g/mol. The van der Waals surface area contributed by atoms with Gasteiger partial charge in [-0.05, 0) is 62.4 Å². The van der Waals surface area contributed by atoms with Crippen LogP contribution in [0.15, 0.2) is 42.7 Å². The normalized spacial score (nSPS) is 17.3. The number of nitrogens with zero attached hydrogens (tertiary/aromatic N) is 4. The van der Waals surface area contributed by atoms with E-state index in [2.05, 4.69) is 27.2 Å². The summed E-state index contributed by atoms with van der Waals surface area (Å²) in [6, 6.07) is 10.0. The van der Waals surface area contributed by atoms with E-state index in [1.165, 1.54) is 18.4 Å². The highest BCUT2D eigenvalue weighted by Gasteiger charge is 2.24. The maximum absolute atomic E-state index is 12.7. The Morgan fingerprint density at radius 1 is 1.32 bits per heavy atom. The van der Waals surface area contributed by atoms with Gasteiger partial charge < -0.3 is 14.5 Å². The molecule has 1 aliphatic rings. The van der Waals surface area contributed by atoms with Crippen molar-refractivity contribution in [2.24, 2.45) is 5.92 Å². The second-order valence-corrected chi connectivity index (χ2v) is 7.39. The zero-order valence-corrected chi connectivity index (χ0v) is 16.9. The van der Waals surface area contributed by atoms with Gasteiger partial charge in [-0.15, -0.1) is 0 Å². The van der Waals surface area contributed by atoms with E-state index in [4.69, 9.17) is 4.74 Å². The van der Waals surface area contributed by atoms with E-state index in [-0.39, 0.29) is 5.91 Å². The number of hydrogen-bond donors (Lipinski definition) is 0. The molecule has 0 aliphatic carbocycles. The van der Waals surface area contributed by atoms with E-state index in [1.54, 1.807) is 25.6 Å². The third-order valence-corrected chi connectivity index (χ3v) is 5.43. The number of ether oxygens (including phenoxy) is 1. The van der Waals surface area contributed by atoms with Crippen LogP contribution in [-0.4, -0.2) is 65.7 Å². The number of amides is 1. The Bertz CT molecular complexity index is 753. The molecule has 0 N–H and O–H groups in total. The van der Waals surface area contributed by atoms with Crippen molar-refractivity contribution in [3.05, 3.63) is 53.9 Å². The van der Waals surface area contributed by atoms with Crippen molar-refractivity contribution in [3.8, 4) is 5.75 Å². The lowest BCUT2D eigenvalue weighted by molar-refractivity contribution is 0.0690. The number of hydrogen-bond acceptors (Lipinski definition) is 5. The third kappa shape index (κ3) is 5.52. The van der Waals surface area contributed by atoms with Gasteiger partial charge in [-0.1, -0.05) is 12.1 Å². The molecule has 1 fully saturated rings. The predicted octanol–water partition coefficient (Wildman–Crippen LogP) is 2.90. The lowest BCUT2D eigenvalue weighted by Gasteiger charge is -2.35. The second kappa shape index (κ2) is 10.2. The van der Waals surface area contributed by atoms with Crippen molar-refractivity contribution in [2.75, 3.05) is 39.8 Å². The van der Waals surface area contributed by atoms with Crippen molar-refractivity contribution in [3.63, 3.8) is 0 Å². The summed E-state index contributed by atoms with van der Waals surface area (Å²) in [4.78, 5) is 17.2. The Kier molecular flexibility index (Phi) is 7.37. The number of carbonyl (C=O) groups excluding carboxylic acids is 1. The van der Waals surface area contributed by atoms with E-state index in [0.717, 1.165) is 38.3 Å². The Balaban J connectivity index is 1.52. The fourth-order valence-electron chi connectivity index (χ4n) is 3.89. The standard InChI is InChI=1S/C22H30N4O2/c1-3-26(22(27)20-9-11-23-24-15-20)17-19-7-5-12-25(16-19)13-10-18-6-4-8-21(14-18)28-2/h4,6,8-9,11,14-15,19H,3,5,7,10,12-13,16-17H2,1-2H3/t19-/m0/s1. The number of methoxy groups -OCH3 is 1. The SMILES string of the molecule is CCN(C[C@H]1CCCN(CCc2cccc(OC)c2)C1)C(=O)c1ccnnc1. The second-order valence-electron chi connectivity index (χ2n) is 7.39. The molecule has 2 aromatic rings. The molecule has 1 amide bonds. The fourth-order valence-corrected chi connectivity index (χ4v) is 3.89. The van der Waals surface area contributed by atoms with Gasteiger partial charge in [0, 0.05) is 26.2 Å². The smallest absolute Gasteiger partial charge is 0.255 e. The minimum atomic E-state index is 0.0471. The van der Waals surface area contributed by atoms with Crippen molar-refractivity contribution in [1.29, 1.82) is 0 Å². The van der Waals surface area contributed by atoms with Crippen LogP contribution in [0.1, 0.15) is 35.7 Å². The van der Waals surface area contributed by atoms with Crippen molar-refractivity contribution < 1.29 is 9.53 Å². The van der Waals surface area contributed by atoms with E-state index in [0.29, 0.717) is 18.0 Å². The first-order valence-electron chi connectivity index (χ1n) is 10.1. The van der Waals surface area contributed by atoms with E-state index < -0.39 is 0 Å². The molecule has 1 atom stereocenters. The highest BCUT2D eigenvalue weighted by atomic mass is 16.5. The molecule has 3 rings (SSSR count). The Morgan fingerprint density at radius 2 is 2.21 bits per heavy atom. The number of likely N-dealkylation sites (tertiary alicyclic amines) is 1. The summed E-state index contributed by atoms with van der Waals surface area (Å²) in [5.41, 5.74) is 1.92. The minimum Gasteiger partial charge on any atom is -0.497 e. The largest absolute Gasteiger partial charge is 0.497 e. The quantitative estimate of drug-likeness (QED) is 0.703. The van der Waals surface area contributed by atoms with Gasteiger partial charge in [0.25, 0.3) is 5.91 Å². The average molecular weight is 383 g/mol. The lowest BCUT2D eigenvalue weighted by Crippen LogP contribution is -2.43. The molecular weight excluding hydrogens is 352 g/mol. The number of carbonyl (C=O) groups is 1. The van der Waals surface area contributed by atoms with E-state index in [1.807, 2.05) is 24.0 Å². The molecule has 28 heavy (non-hydrogen) atoms. The van der Waals surface area contributed by atoms with Gasteiger partial charge in [0.05, 0.1) is 25.1 Å². The van der Waals surface area contributed by atoms with Crippen molar-refractivity contribution in [1.82, 2.24) is 20.0 Å². The first-order chi connectivity index (χ1) is 13.7. The molecule has 6 nitrogen and oxygen atoms in total. The van der Waals surface area contributed by atoms with Crippen LogP contribution >= 0.6 is 0 Å². The van der Waals surface area contributed by atoms with Crippen molar-refractivity contribution >= 4 is 5.91 Å². The molecule has 1 aliphatic heterocycles. The molecule has 150 valence electrons. The van der Waals surface area contributed by atoms with Crippen LogP contribution in [0.2, 0.25) is 0 Å². The molecule has 0 unspecified atom stereocenters. The predicted molar refractivity (Wildman–Crippen MR) is 109 cm³/mol. The van der Waals surface area contributed by atoms with Crippen LogP contribution < -0.4 is 4.74 Å². The molecule has 1 aromatic heterocycles. The fraction of sp³-hybridized carbons (Fsp3) is 0.500. The maximum Gasteiger partial charge on any atom is 0.255 e. The molecule has 0 spiro atoms. The van der Waals surface area contributed by atoms with Crippen LogP contribution in [-0.2, 0) is 6.42 Å². The van der Waals surface area contributed by atoms with Gasteiger partial charge in [0.1, 0.15) is 5.75 Å². The van der Waals surface area contributed by atoms with Gasteiger partial charge in [0.2, 0.25) is 0 Å². The molecule has 0 radical (unpaired) electrons. The summed E-state index contributed by atoms with van der Waals surface area (Å²) >= 11 is 0. The van der Waals surface area contributed by atoms with Crippen LogP contribution in [0.5, 0.6) is 5.75 Å². The van der Waals surface area contributed by atoms with Crippen LogP contribution in [0.4, 0.5) is 0 Å². The topological polar surface area (TPSA) is 58.6 Å². The molecule has 2 heterocycles. The van der Waals surface area contributed by atoms with Gasteiger partial charge >= 0.3 is 0 Å². The number of rotatable bonds is 8. The molecule has 1 saturated heterocycles. The van der Waals surface area contributed by atoms with Crippen LogP contribution in [0, 0.1) is 5.92 Å².